The first kappa shape index (κ1) is 13.5. The van der Waals surface area contributed by atoms with Crippen LogP contribution in [0, 0.1) is 0 Å². The molecular weight excluding hydrogens is 286 g/mol. The zero-order valence-corrected chi connectivity index (χ0v) is 11.9. The van der Waals surface area contributed by atoms with Crippen molar-refractivity contribution < 1.29 is 12.6 Å². The van der Waals surface area contributed by atoms with E-state index in [1.807, 2.05) is 0 Å². The lowest BCUT2D eigenvalue weighted by molar-refractivity contribution is 0.486. The van der Waals surface area contributed by atoms with Gasteiger partial charge in [-0.25, -0.2) is 0 Å². The van der Waals surface area contributed by atoms with Crippen molar-refractivity contribution in [3.8, 4) is 5.75 Å². The molecule has 0 bridgehead atoms. The average molecular weight is 299 g/mol. The fourth-order valence-electron chi connectivity index (χ4n) is 2.05. The Kier molecular flexibility index (Phi) is 3.27. The molecule has 0 spiro atoms. The molecule has 0 radical (unpaired) electrons. The minimum atomic E-state index is -3.85. The Labute approximate surface area is 122 Å². The van der Waals surface area contributed by atoms with E-state index in [0.29, 0.717) is 5.69 Å². The maximum atomic E-state index is 12.3. The van der Waals surface area contributed by atoms with Gasteiger partial charge >= 0.3 is 10.1 Å². The number of anilines is 1. The van der Waals surface area contributed by atoms with Crippen molar-refractivity contribution in [2.75, 3.05) is 5.73 Å². The lowest BCUT2D eigenvalue weighted by Crippen LogP contribution is -2.09. The van der Waals surface area contributed by atoms with Gasteiger partial charge in [0, 0.05) is 5.69 Å². The topological polar surface area (TPSA) is 69.4 Å². The summed E-state index contributed by atoms with van der Waals surface area (Å²) in [6, 6.07) is 18.5. The Bertz CT molecular complexity index is 890. The van der Waals surface area contributed by atoms with E-state index in [0.717, 1.165) is 10.8 Å². The summed E-state index contributed by atoms with van der Waals surface area (Å²) in [4.78, 5) is 0.114. The lowest BCUT2D eigenvalue weighted by atomic mass is 10.1. The summed E-state index contributed by atoms with van der Waals surface area (Å²) in [6.45, 7) is 0. The summed E-state index contributed by atoms with van der Waals surface area (Å²) < 4.78 is 29.6. The van der Waals surface area contributed by atoms with Gasteiger partial charge in [0.05, 0.1) is 0 Å². The zero-order valence-electron chi connectivity index (χ0n) is 11.1. The van der Waals surface area contributed by atoms with Crippen LogP contribution in [-0.2, 0) is 10.1 Å². The van der Waals surface area contributed by atoms with Crippen molar-refractivity contribution in [2.24, 2.45) is 0 Å². The molecule has 0 unspecified atom stereocenters. The summed E-state index contributed by atoms with van der Waals surface area (Å²) in [5, 5.41) is 1.68. The molecule has 3 rings (SSSR count). The second kappa shape index (κ2) is 5.10. The van der Waals surface area contributed by atoms with Gasteiger partial charge in [-0.15, -0.1) is 0 Å². The van der Waals surface area contributed by atoms with Crippen LogP contribution in [-0.4, -0.2) is 8.42 Å². The van der Waals surface area contributed by atoms with Crippen molar-refractivity contribution in [1.29, 1.82) is 0 Å². The normalized spacial score (nSPS) is 11.4. The molecule has 106 valence electrons. The van der Waals surface area contributed by atoms with Crippen LogP contribution in [0.15, 0.2) is 71.6 Å². The minimum Gasteiger partial charge on any atom is -0.399 e. The van der Waals surface area contributed by atoms with Crippen molar-refractivity contribution in [3.63, 3.8) is 0 Å². The van der Waals surface area contributed by atoms with Crippen LogP contribution in [0.5, 0.6) is 5.75 Å². The van der Waals surface area contributed by atoms with Gasteiger partial charge in [0.2, 0.25) is 0 Å². The first-order chi connectivity index (χ1) is 10.0. The van der Waals surface area contributed by atoms with Gasteiger partial charge in [-0.2, -0.15) is 8.42 Å². The van der Waals surface area contributed by atoms with Crippen molar-refractivity contribution >= 4 is 26.6 Å². The first-order valence-corrected chi connectivity index (χ1v) is 7.74. The summed E-state index contributed by atoms with van der Waals surface area (Å²) in [6.07, 6.45) is 0. The Morgan fingerprint density at radius 3 is 2.24 bits per heavy atom. The van der Waals surface area contributed by atoms with Crippen LogP contribution in [0.2, 0.25) is 0 Å². The van der Waals surface area contributed by atoms with Gasteiger partial charge in [-0.05, 0) is 47.2 Å². The summed E-state index contributed by atoms with van der Waals surface area (Å²) >= 11 is 0. The second-order valence-electron chi connectivity index (χ2n) is 4.62. The molecule has 21 heavy (non-hydrogen) atoms. The van der Waals surface area contributed by atoms with Gasteiger partial charge in [-0.3, -0.25) is 0 Å². The zero-order chi connectivity index (χ0) is 14.9. The highest BCUT2D eigenvalue weighted by atomic mass is 32.2. The lowest BCUT2D eigenvalue weighted by Gasteiger charge is -2.08. The molecule has 3 aromatic rings. The van der Waals surface area contributed by atoms with Gasteiger partial charge in [-0.1, -0.05) is 30.3 Å². The third-order valence-electron chi connectivity index (χ3n) is 3.07. The number of hydrogen-bond acceptors (Lipinski definition) is 4. The van der Waals surface area contributed by atoms with Crippen LogP contribution in [0.4, 0.5) is 5.69 Å². The number of hydrogen-bond donors (Lipinski definition) is 1. The fraction of sp³-hybridized carbons (Fsp3) is 0. The first-order valence-electron chi connectivity index (χ1n) is 6.33. The Hall–Kier alpha value is -2.53. The van der Waals surface area contributed by atoms with E-state index in [4.69, 9.17) is 9.92 Å². The highest BCUT2D eigenvalue weighted by Crippen LogP contribution is 2.23. The molecule has 0 aliphatic rings. The van der Waals surface area contributed by atoms with Crippen molar-refractivity contribution in [1.82, 2.24) is 0 Å². The van der Waals surface area contributed by atoms with Crippen LogP contribution < -0.4 is 9.92 Å². The number of fused-ring (bicyclic) bond motifs is 1. The molecule has 0 fully saturated rings. The molecule has 5 heteroatoms. The number of rotatable bonds is 3. The molecule has 0 heterocycles. The number of para-hydroxylation sites is 1. The summed E-state index contributed by atoms with van der Waals surface area (Å²) in [5.74, 6) is 0.287. The Morgan fingerprint density at radius 1 is 0.810 bits per heavy atom. The third kappa shape index (κ3) is 2.83. The van der Waals surface area contributed by atoms with Gasteiger partial charge in [0.25, 0.3) is 0 Å². The second-order valence-corrected chi connectivity index (χ2v) is 6.17. The predicted molar refractivity (Wildman–Crippen MR) is 82.6 cm³/mol. The van der Waals surface area contributed by atoms with E-state index in [1.54, 1.807) is 60.7 Å². The maximum Gasteiger partial charge on any atom is 0.339 e. The molecule has 0 amide bonds. The molecule has 0 saturated carbocycles. The number of nitrogen functional groups attached to an aromatic ring is 1. The van der Waals surface area contributed by atoms with Crippen molar-refractivity contribution in [3.05, 3.63) is 66.7 Å². The molecule has 0 aromatic heterocycles. The largest absolute Gasteiger partial charge is 0.399 e. The van der Waals surface area contributed by atoms with Gasteiger partial charge in [0.15, 0.2) is 0 Å². The average Bonchev–Trinajstić information content (AvgIpc) is 2.47. The third-order valence-corrected chi connectivity index (χ3v) is 4.32. The smallest absolute Gasteiger partial charge is 0.339 e. The molecule has 3 aromatic carbocycles. The molecule has 0 saturated heterocycles. The molecule has 0 aliphatic heterocycles. The quantitative estimate of drug-likeness (QED) is 0.595. The molecule has 0 atom stereocenters. The molecule has 2 N–H and O–H groups in total. The predicted octanol–water partition coefficient (Wildman–Crippen LogP) is 3.19. The maximum absolute atomic E-state index is 12.3. The highest BCUT2D eigenvalue weighted by molar-refractivity contribution is 7.87. The van der Waals surface area contributed by atoms with E-state index in [-0.39, 0.29) is 10.6 Å². The van der Waals surface area contributed by atoms with Crippen LogP contribution >= 0.6 is 0 Å². The minimum absolute atomic E-state index is 0.114. The van der Waals surface area contributed by atoms with E-state index in [9.17, 15) is 8.42 Å². The summed E-state index contributed by atoms with van der Waals surface area (Å²) in [7, 11) is -3.85. The van der Waals surface area contributed by atoms with Gasteiger partial charge in [0.1, 0.15) is 10.6 Å². The molecule has 4 nitrogen and oxygen atoms in total. The monoisotopic (exact) mass is 299 g/mol. The number of nitrogens with two attached hydrogens (primary N) is 1. The van der Waals surface area contributed by atoms with E-state index >= 15 is 0 Å². The van der Waals surface area contributed by atoms with E-state index < -0.39 is 10.1 Å². The SMILES string of the molecule is Nc1ccc2cc(S(=O)(=O)Oc3ccccc3)ccc2c1. The van der Waals surface area contributed by atoms with E-state index in [2.05, 4.69) is 0 Å². The van der Waals surface area contributed by atoms with E-state index in [1.165, 1.54) is 6.07 Å². The molecular formula is C16H13NO3S. The fourth-order valence-corrected chi connectivity index (χ4v) is 3.02. The highest BCUT2D eigenvalue weighted by Gasteiger charge is 2.16. The van der Waals surface area contributed by atoms with Crippen LogP contribution in [0.1, 0.15) is 0 Å². The Balaban J connectivity index is 2.01. The summed E-state index contributed by atoms with van der Waals surface area (Å²) in [5.41, 5.74) is 6.34. The number of benzene rings is 3. The van der Waals surface area contributed by atoms with Crippen molar-refractivity contribution in [2.45, 2.75) is 4.90 Å². The van der Waals surface area contributed by atoms with Crippen LogP contribution in [0.3, 0.4) is 0 Å². The standard InChI is InChI=1S/C16H13NO3S/c17-14-8-6-13-11-16(9-7-12(13)10-14)21(18,19)20-15-4-2-1-3-5-15/h1-11H,17H2. The van der Waals surface area contributed by atoms with Crippen LogP contribution in [0.25, 0.3) is 10.8 Å². The molecule has 0 aliphatic carbocycles. The Morgan fingerprint density at radius 2 is 1.48 bits per heavy atom. The van der Waals surface area contributed by atoms with Gasteiger partial charge < -0.3 is 9.92 Å².